The Hall–Kier alpha value is -1.99. The predicted molar refractivity (Wildman–Crippen MR) is 64.5 cm³/mol. The van der Waals surface area contributed by atoms with Gasteiger partial charge in [-0.25, -0.2) is 13.8 Å². The molecule has 0 aliphatic carbocycles. The van der Waals surface area contributed by atoms with E-state index in [-0.39, 0.29) is 23.6 Å². The number of aromatic amines is 1. The zero-order chi connectivity index (χ0) is 14.0. The van der Waals surface area contributed by atoms with Crippen molar-refractivity contribution < 1.29 is 18.6 Å². The highest BCUT2D eigenvalue weighted by atomic mass is 19.1. The van der Waals surface area contributed by atoms with Crippen molar-refractivity contribution in [2.24, 2.45) is 5.73 Å². The molecule has 19 heavy (non-hydrogen) atoms. The summed E-state index contributed by atoms with van der Waals surface area (Å²) in [6.45, 7) is -0.299. The third kappa shape index (κ3) is 2.56. The van der Waals surface area contributed by atoms with Crippen molar-refractivity contribution in [3.8, 4) is 17.0 Å². The van der Waals surface area contributed by atoms with Gasteiger partial charge in [0.2, 0.25) is 0 Å². The van der Waals surface area contributed by atoms with Gasteiger partial charge in [-0.1, -0.05) is 0 Å². The van der Waals surface area contributed by atoms with Crippen molar-refractivity contribution in [3.63, 3.8) is 0 Å². The molecule has 0 bridgehead atoms. The number of aromatic nitrogens is 2. The summed E-state index contributed by atoms with van der Waals surface area (Å²) in [5.74, 6) is -1.20. The van der Waals surface area contributed by atoms with Crippen molar-refractivity contribution in [1.29, 1.82) is 0 Å². The number of ether oxygens (including phenoxy) is 1. The molecular weight excluding hydrogens is 256 g/mol. The topological polar surface area (TPSA) is 84.2 Å². The van der Waals surface area contributed by atoms with Crippen molar-refractivity contribution in [3.05, 3.63) is 35.8 Å². The van der Waals surface area contributed by atoms with Crippen molar-refractivity contribution >= 4 is 0 Å². The van der Waals surface area contributed by atoms with Crippen LogP contribution in [0.25, 0.3) is 11.3 Å². The van der Waals surface area contributed by atoms with Gasteiger partial charge < -0.3 is 20.6 Å². The van der Waals surface area contributed by atoms with E-state index in [4.69, 9.17) is 10.8 Å². The van der Waals surface area contributed by atoms with E-state index in [0.29, 0.717) is 5.82 Å². The van der Waals surface area contributed by atoms with Crippen LogP contribution in [-0.2, 0) is 0 Å². The summed E-state index contributed by atoms with van der Waals surface area (Å²) >= 11 is 0. The molecule has 0 radical (unpaired) electrons. The summed E-state index contributed by atoms with van der Waals surface area (Å²) < 4.78 is 32.1. The third-order valence-electron chi connectivity index (χ3n) is 2.68. The number of imidazole rings is 1. The molecule has 5 nitrogen and oxygen atoms in total. The quantitative estimate of drug-likeness (QED) is 0.782. The van der Waals surface area contributed by atoms with E-state index in [9.17, 15) is 8.78 Å². The lowest BCUT2D eigenvalue weighted by Crippen LogP contribution is -2.15. The number of hydrogen-bond donors (Lipinski definition) is 3. The van der Waals surface area contributed by atoms with Crippen LogP contribution in [0.3, 0.4) is 0 Å². The van der Waals surface area contributed by atoms with Crippen LogP contribution in [0.1, 0.15) is 11.9 Å². The van der Waals surface area contributed by atoms with E-state index in [0.717, 1.165) is 12.1 Å². The van der Waals surface area contributed by atoms with E-state index in [2.05, 4.69) is 14.7 Å². The van der Waals surface area contributed by atoms with E-state index < -0.39 is 17.7 Å². The minimum Gasteiger partial charge on any atom is -0.494 e. The fourth-order valence-electron chi connectivity index (χ4n) is 1.64. The molecule has 0 fully saturated rings. The largest absolute Gasteiger partial charge is 0.494 e. The normalized spacial score (nSPS) is 12.5. The molecule has 0 spiro atoms. The molecule has 0 saturated carbocycles. The monoisotopic (exact) mass is 269 g/mol. The van der Waals surface area contributed by atoms with Crippen LogP contribution in [0.2, 0.25) is 0 Å². The SMILES string of the molecule is COc1cc(F)c(-c2cnc(C(N)CO)[nH]2)cc1F. The number of nitrogens with zero attached hydrogens (tertiary/aromatic N) is 1. The molecule has 0 aliphatic rings. The fraction of sp³-hybridized carbons (Fsp3) is 0.250. The molecule has 1 aromatic heterocycles. The predicted octanol–water partition coefficient (Wildman–Crippen LogP) is 1.36. The molecule has 2 rings (SSSR count). The Balaban J connectivity index is 2.42. The van der Waals surface area contributed by atoms with Gasteiger partial charge in [0.15, 0.2) is 11.6 Å². The van der Waals surface area contributed by atoms with Crippen LogP contribution in [-0.4, -0.2) is 28.8 Å². The van der Waals surface area contributed by atoms with Gasteiger partial charge in [0, 0.05) is 11.6 Å². The molecule has 0 aliphatic heterocycles. The van der Waals surface area contributed by atoms with Gasteiger partial charge in [0.1, 0.15) is 11.6 Å². The molecule has 0 amide bonds. The highest BCUT2D eigenvalue weighted by Crippen LogP contribution is 2.28. The van der Waals surface area contributed by atoms with Crippen LogP contribution >= 0.6 is 0 Å². The van der Waals surface area contributed by atoms with E-state index in [1.54, 1.807) is 0 Å². The van der Waals surface area contributed by atoms with Crippen molar-refractivity contribution in [2.75, 3.05) is 13.7 Å². The molecule has 4 N–H and O–H groups in total. The zero-order valence-corrected chi connectivity index (χ0v) is 10.2. The van der Waals surface area contributed by atoms with Gasteiger partial charge in [-0.15, -0.1) is 0 Å². The molecule has 0 saturated heterocycles. The molecule has 1 aromatic carbocycles. The van der Waals surface area contributed by atoms with Gasteiger partial charge >= 0.3 is 0 Å². The van der Waals surface area contributed by atoms with Gasteiger partial charge in [0.25, 0.3) is 0 Å². The standard InChI is InChI=1S/C12H13F2N3O2/c1-19-11-3-7(13)6(2-8(11)14)10-4-16-12(17-10)9(15)5-18/h2-4,9,18H,5,15H2,1H3,(H,16,17). The average molecular weight is 269 g/mol. The molecule has 102 valence electrons. The number of aliphatic hydroxyl groups excluding tert-OH is 1. The second-order valence-electron chi connectivity index (χ2n) is 3.94. The van der Waals surface area contributed by atoms with Gasteiger partial charge in [0.05, 0.1) is 31.6 Å². The number of methoxy groups -OCH3 is 1. The molecule has 2 aromatic rings. The Morgan fingerprint density at radius 3 is 2.79 bits per heavy atom. The maximum absolute atomic E-state index is 13.8. The fourth-order valence-corrected chi connectivity index (χ4v) is 1.64. The molecule has 7 heteroatoms. The van der Waals surface area contributed by atoms with E-state index in [1.165, 1.54) is 13.3 Å². The third-order valence-corrected chi connectivity index (χ3v) is 2.68. The number of halogens is 2. The molecule has 1 unspecified atom stereocenters. The van der Waals surface area contributed by atoms with Crippen molar-refractivity contribution in [1.82, 2.24) is 9.97 Å². The number of hydrogen-bond acceptors (Lipinski definition) is 4. The van der Waals surface area contributed by atoms with Crippen LogP contribution in [0.15, 0.2) is 18.3 Å². The Morgan fingerprint density at radius 2 is 2.16 bits per heavy atom. The highest BCUT2D eigenvalue weighted by molar-refractivity contribution is 5.61. The molecule has 1 atom stereocenters. The van der Waals surface area contributed by atoms with Crippen molar-refractivity contribution in [2.45, 2.75) is 6.04 Å². The second kappa shape index (κ2) is 5.33. The average Bonchev–Trinajstić information content (AvgIpc) is 2.89. The Labute approximate surface area is 108 Å². The first-order chi connectivity index (χ1) is 9.06. The first-order valence-corrected chi connectivity index (χ1v) is 5.51. The van der Waals surface area contributed by atoms with Gasteiger partial charge in [-0.05, 0) is 6.07 Å². The van der Waals surface area contributed by atoms with Crippen LogP contribution in [0.4, 0.5) is 8.78 Å². The molecule has 1 heterocycles. The zero-order valence-electron chi connectivity index (χ0n) is 10.2. The minimum absolute atomic E-state index is 0.0159. The maximum atomic E-state index is 13.8. The van der Waals surface area contributed by atoms with Gasteiger partial charge in [-0.2, -0.15) is 0 Å². The summed E-state index contributed by atoms with van der Waals surface area (Å²) in [5, 5.41) is 8.90. The van der Waals surface area contributed by atoms with Gasteiger partial charge in [-0.3, -0.25) is 0 Å². The summed E-state index contributed by atoms with van der Waals surface area (Å²) in [4.78, 5) is 6.66. The second-order valence-corrected chi connectivity index (χ2v) is 3.94. The summed E-state index contributed by atoms with van der Waals surface area (Å²) in [7, 11) is 1.26. The van der Waals surface area contributed by atoms with Crippen LogP contribution in [0.5, 0.6) is 5.75 Å². The smallest absolute Gasteiger partial charge is 0.165 e. The van der Waals surface area contributed by atoms with E-state index >= 15 is 0 Å². The van der Waals surface area contributed by atoms with E-state index in [1.807, 2.05) is 0 Å². The Kier molecular flexibility index (Phi) is 3.77. The van der Waals surface area contributed by atoms with Crippen LogP contribution in [0, 0.1) is 11.6 Å². The Morgan fingerprint density at radius 1 is 1.42 bits per heavy atom. The Bertz CT molecular complexity index is 586. The molecular formula is C12H13F2N3O2. The minimum atomic E-state index is -0.695. The first-order valence-electron chi connectivity index (χ1n) is 5.51. The summed E-state index contributed by atoms with van der Waals surface area (Å²) in [6, 6.07) is 1.27. The number of nitrogens with one attached hydrogen (secondary N) is 1. The number of rotatable bonds is 4. The summed E-state index contributed by atoms with van der Waals surface area (Å²) in [6.07, 6.45) is 1.33. The lowest BCUT2D eigenvalue weighted by molar-refractivity contribution is 0.264. The lowest BCUT2D eigenvalue weighted by Gasteiger charge is -2.06. The first kappa shape index (κ1) is 13.4. The lowest BCUT2D eigenvalue weighted by atomic mass is 10.1. The highest BCUT2D eigenvalue weighted by Gasteiger charge is 2.15. The van der Waals surface area contributed by atoms with Crippen LogP contribution < -0.4 is 10.5 Å². The number of H-pyrrole nitrogens is 1. The maximum Gasteiger partial charge on any atom is 0.165 e. The number of aliphatic hydroxyl groups is 1. The summed E-state index contributed by atoms with van der Waals surface area (Å²) in [5.41, 5.74) is 5.86. The number of benzene rings is 1. The number of nitrogens with two attached hydrogens (primary N) is 1.